The van der Waals surface area contributed by atoms with Crippen LogP contribution in [0.15, 0.2) is 18.3 Å². The van der Waals surface area contributed by atoms with E-state index in [1.54, 1.807) is 6.20 Å². The number of hydrogen-bond donors (Lipinski definition) is 0. The van der Waals surface area contributed by atoms with E-state index in [-0.39, 0.29) is 0 Å². The zero-order chi connectivity index (χ0) is 10.9. The van der Waals surface area contributed by atoms with Crippen molar-refractivity contribution in [2.45, 2.75) is 20.3 Å². The quantitative estimate of drug-likeness (QED) is 0.707. The number of pyridine rings is 1. The number of nitrogens with zero attached hydrogens (tertiary/aromatic N) is 2. The Balaban J connectivity index is 2.04. The van der Waals surface area contributed by atoms with E-state index in [9.17, 15) is 4.79 Å². The smallest absolute Gasteiger partial charge is 0.151 e. The molecule has 0 saturated carbocycles. The molecule has 0 atom stereocenters. The first-order chi connectivity index (χ1) is 7.17. The number of rotatable bonds is 3. The summed E-state index contributed by atoms with van der Waals surface area (Å²) in [4.78, 5) is 17.0. The summed E-state index contributed by atoms with van der Waals surface area (Å²) in [7, 11) is 0. The summed E-state index contributed by atoms with van der Waals surface area (Å²) in [6.07, 6.45) is 3.66. The van der Waals surface area contributed by atoms with Gasteiger partial charge in [-0.2, -0.15) is 0 Å². The lowest BCUT2D eigenvalue weighted by atomic mass is 9.79. The first-order valence-electron chi connectivity index (χ1n) is 5.33. The Labute approximate surface area is 90.1 Å². The predicted octanol–water partition coefficient (Wildman–Crippen LogP) is 2.13. The molecule has 0 radical (unpaired) electrons. The number of carbonyl (C=O) groups excluding carboxylic acids is 1. The van der Waals surface area contributed by atoms with Crippen LogP contribution in [0, 0.1) is 5.41 Å². The van der Waals surface area contributed by atoms with Crippen molar-refractivity contribution in [2.24, 2.45) is 5.41 Å². The fourth-order valence-electron chi connectivity index (χ4n) is 1.92. The highest BCUT2D eigenvalue weighted by Crippen LogP contribution is 2.35. The molecule has 1 saturated heterocycles. The monoisotopic (exact) mass is 204 g/mol. The van der Waals surface area contributed by atoms with Crippen molar-refractivity contribution in [3.05, 3.63) is 23.9 Å². The predicted molar refractivity (Wildman–Crippen MR) is 60.2 cm³/mol. The Bertz CT molecular complexity index is 352. The lowest BCUT2D eigenvalue weighted by Crippen LogP contribution is -2.54. The van der Waals surface area contributed by atoms with Gasteiger partial charge in [0, 0.05) is 30.3 Å². The number of carbonyl (C=O) groups is 1. The van der Waals surface area contributed by atoms with Gasteiger partial charge in [0.1, 0.15) is 5.82 Å². The third-order valence-corrected chi connectivity index (χ3v) is 3.23. The summed E-state index contributed by atoms with van der Waals surface area (Å²) in [5, 5.41) is 0. The Kier molecular flexibility index (Phi) is 2.47. The van der Waals surface area contributed by atoms with Crippen LogP contribution in [0.1, 0.15) is 30.6 Å². The van der Waals surface area contributed by atoms with Gasteiger partial charge in [-0.25, -0.2) is 4.98 Å². The molecular formula is C12H16N2O. The minimum atomic E-state index is 0.449. The molecule has 0 unspecified atom stereocenters. The molecule has 3 heteroatoms. The molecule has 2 rings (SSSR count). The Hall–Kier alpha value is -1.38. The van der Waals surface area contributed by atoms with Crippen molar-refractivity contribution < 1.29 is 4.79 Å². The molecule has 80 valence electrons. The van der Waals surface area contributed by atoms with E-state index in [0.29, 0.717) is 11.0 Å². The SMILES string of the molecule is CCC1(C)CN(c2ccc(C=O)cn2)C1. The highest BCUT2D eigenvalue weighted by atomic mass is 16.1. The first kappa shape index (κ1) is 10.1. The minimum absolute atomic E-state index is 0.449. The number of aldehydes is 1. The molecule has 1 fully saturated rings. The third-order valence-electron chi connectivity index (χ3n) is 3.23. The van der Waals surface area contributed by atoms with Crippen molar-refractivity contribution in [1.29, 1.82) is 0 Å². The van der Waals surface area contributed by atoms with Crippen LogP contribution in [-0.4, -0.2) is 24.4 Å². The van der Waals surface area contributed by atoms with E-state index in [1.807, 2.05) is 12.1 Å². The highest BCUT2D eigenvalue weighted by Gasteiger charge is 2.37. The maximum atomic E-state index is 10.5. The lowest BCUT2D eigenvalue weighted by molar-refractivity contribution is 0.112. The van der Waals surface area contributed by atoms with Crippen LogP contribution in [-0.2, 0) is 0 Å². The van der Waals surface area contributed by atoms with Gasteiger partial charge in [-0.05, 0) is 18.6 Å². The summed E-state index contributed by atoms with van der Waals surface area (Å²) in [5.74, 6) is 0.978. The summed E-state index contributed by atoms with van der Waals surface area (Å²) in [6.45, 7) is 6.65. The Morgan fingerprint density at radius 1 is 1.53 bits per heavy atom. The normalized spacial score (nSPS) is 18.4. The van der Waals surface area contributed by atoms with E-state index in [2.05, 4.69) is 23.7 Å². The van der Waals surface area contributed by atoms with Crippen LogP contribution < -0.4 is 4.90 Å². The van der Waals surface area contributed by atoms with Crippen LogP contribution >= 0.6 is 0 Å². The molecule has 0 aliphatic carbocycles. The topological polar surface area (TPSA) is 33.2 Å². The molecule has 1 aromatic heterocycles. The molecule has 2 heterocycles. The Morgan fingerprint density at radius 2 is 2.27 bits per heavy atom. The van der Waals surface area contributed by atoms with Crippen LogP contribution in [0.2, 0.25) is 0 Å². The second-order valence-electron chi connectivity index (χ2n) is 4.59. The van der Waals surface area contributed by atoms with Crippen molar-refractivity contribution in [3.8, 4) is 0 Å². The lowest BCUT2D eigenvalue weighted by Gasteiger charge is -2.48. The standard InChI is InChI=1S/C12H16N2O/c1-3-12(2)8-14(9-12)11-5-4-10(7-15)6-13-11/h4-7H,3,8-9H2,1-2H3. The second-order valence-corrected chi connectivity index (χ2v) is 4.59. The van der Waals surface area contributed by atoms with Crippen LogP contribution in [0.4, 0.5) is 5.82 Å². The third kappa shape index (κ3) is 1.87. The second kappa shape index (κ2) is 3.65. The van der Waals surface area contributed by atoms with Crippen LogP contribution in [0.25, 0.3) is 0 Å². The molecule has 0 spiro atoms. The van der Waals surface area contributed by atoms with Crippen molar-refractivity contribution in [1.82, 2.24) is 4.98 Å². The van der Waals surface area contributed by atoms with E-state index in [0.717, 1.165) is 25.2 Å². The van der Waals surface area contributed by atoms with Gasteiger partial charge in [-0.1, -0.05) is 13.8 Å². The maximum Gasteiger partial charge on any atom is 0.151 e. The van der Waals surface area contributed by atoms with Gasteiger partial charge in [0.15, 0.2) is 6.29 Å². The van der Waals surface area contributed by atoms with Gasteiger partial charge in [-0.3, -0.25) is 4.79 Å². The molecule has 0 N–H and O–H groups in total. The molecule has 0 aromatic carbocycles. The number of anilines is 1. The number of aromatic nitrogens is 1. The Morgan fingerprint density at radius 3 is 2.73 bits per heavy atom. The van der Waals surface area contributed by atoms with Crippen molar-refractivity contribution in [3.63, 3.8) is 0 Å². The molecule has 0 bridgehead atoms. The van der Waals surface area contributed by atoms with Crippen LogP contribution in [0.3, 0.4) is 0 Å². The first-order valence-corrected chi connectivity index (χ1v) is 5.33. The molecule has 1 aromatic rings. The average molecular weight is 204 g/mol. The van der Waals surface area contributed by atoms with Crippen molar-refractivity contribution >= 4 is 12.1 Å². The zero-order valence-electron chi connectivity index (χ0n) is 9.23. The van der Waals surface area contributed by atoms with Gasteiger partial charge < -0.3 is 4.90 Å². The zero-order valence-corrected chi connectivity index (χ0v) is 9.23. The van der Waals surface area contributed by atoms with E-state index >= 15 is 0 Å². The van der Waals surface area contributed by atoms with Gasteiger partial charge in [0.2, 0.25) is 0 Å². The number of hydrogen-bond acceptors (Lipinski definition) is 3. The molecule has 1 aliphatic rings. The summed E-state index contributed by atoms with van der Waals surface area (Å²) >= 11 is 0. The summed E-state index contributed by atoms with van der Waals surface area (Å²) in [5.41, 5.74) is 1.09. The largest absolute Gasteiger partial charge is 0.355 e. The van der Waals surface area contributed by atoms with Gasteiger partial charge in [-0.15, -0.1) is 0 Å². The van der Waals surface area contributed by atoms with Gasteiger partial charge in [0.05, 0.1) is 0 Å². The van der Waals surface area contributed by atoms with Gasteiger partial charge >= 0.3 is 0 Å². The van der Waals surface area contributed by atoms with E-state index in [4.69, 9.17) is 0 Å². The minimum Gasteiger partial charge on any atom is -0.355 e. The molecule has 1 aliphatic heterocycles. The molecule has 15 heavy (non-hydrogen) atoms. The highest BCUT2D eigenvalue weighted by molar-refractivity contribution is 5.74. The van der Waals surface area contributed by atoms with Crippen molar-refractivity contribution in [2.75, 3.05) is 18.0 Å². The van der Waals surface area contributed by atoms with Gasteiger partial charge in [0.25, 0.3) is 0 Å². The average Bonchev–Trinajstić information content (AvgIpc) is 2.25. The fourth-order valence-corrected chi connectivity index (χ4v) is 1.92. The molecular weight excluding hydrogens is 188 g/mol. The fraction of sp³-hybridized carbons (Fsp3) is 0.500. The maximum absolute atomic E-state index is 10.5. The van der Waals surface area contributed by atoms with Crippen LogP contribution in [0.5, 0.6) is 0 Å². The van der Waals surface area contributed by atoms with E-state index < -0.39 is 0 Å². The summed E-state index contributed by atoms with van der Waals surface area (Å²) in [6, 6.07) is 3.73. The van der Waals surface area contributed by atoms with E-state index in [1.165, 1.54) is 6.42 Å². The summed E-state index contributed by atoms with van der Waals surface area (Å²) < 4.78 is 0. The molecule has 0 amide bonds. The molecule has 3 nitrogen and oxygen atoms in total.